The van der Waals surface area contributed by atoms with Crippen molar-refractivity contribution in [2.45, 2.75) is 16.0 Å². The Kier molecular flexibility index (Phi) is 6.95. The van der Waals surface area contributed by atoms with Gasteiger partial charge in [0, 0.05) is 24.7 Å². The molecule has 2 aromatic carbocycles. The van der Waals surface area contributed by atoms with Gasteiger partial charge in [-0.15, -0.1) is 0 Å². The van der Waals surface area contributed by atoms with Crippen LogP contribution >= 0.6 is 11.6 Å². The van der Waals surface area contributed by atoms with E-state index in [0.717, 1.165) is 5.56 Å². The summed E-state index contributed by atoms with van der Waals surface area (Å²) in [6, 6.07) is 18.0. The van der Waals surface area contributed by atoms with Crippen molar-refractivity contribution in [2.75, 3.05) is 32.8 Å². The zero-order valence-corrected chi connectivity index (χ0v) is 18.8. The van der Waals surface area contributed by atoms with Crippen molar-refractivity contribution < 1.29 is 22.4 Å². The van der Waals surface area contributed by atoms with E-state index in [1.54, 1.807) is 18.2 Å². The number of morpholine rings is 1. The van der Waals surface area contributed by atoms with E-state index in [2.05, 4.69) is 10.2 Å². The number of benzene rings is 2. The number of rotatable bonds is 7. The molecule has 4 rings (SSSR count). The molecule has 1 saturated heterocycles. The van der Waals surface area contributed by atoms with Crippen LogP contribution in [0.1, 0.15) is 22.2 Å². The summed E-state index contributed by atoms with van der Waals surface area (Å²) in [7, 11) is -3.83. The lowest BCUT2D eigenvalue weighted by atomic mass is 10.0. The van der Waals surface area contributed by atoms with Gasteiger partial charge in [0.05, 0.1) is 24.2 Å². The Morgan fingerprint density at radius 1 is 1.00 bits per heavy atom. The summed E-state index contributed by atoms with van der Waals surface area (Å²) in [5.74, 6) is -0.566. The number of nitrogens with zero attached hydrogens (tertiary/aromatic N) is 1. The van der Waals surface area contributed by atoms with Gasteiger partial charge in [-0.2, -0.15) is 0 Å². The van der Waals surface area contributed by atoms with Crippen molar-refractivity contribution in [1.29, 1.82) is 0 Å². The summed E-state index contributed by atoms with van der Waals surface area (Å²) < 4.78 is 36.3. The summed E-state index contributed by atoms with van der Waals surface area (Å²) in [4.78, 5) is 15.1. The van der Waals surface area contributed by atoms with Crippen molar-refractivity contribution >= 4 is 27.3 Å². The van der Waals surface area contributed by atoms with Crippen LogP contribution in [0, 0.1) is 0 Å². The van der Waals surface area contributed by atoms with Crippen molar-refractivity contribution in [3.8, 4) is 0 Å². The highest BCUT2D eigenvalue weighted by molar-refractivity contribution is 7.91. The van der Waals surface area contributed by atoms with Crippen LogP contribution < -0.4 is 5.32 Å². The smallest absolute Gasteiger partial charge is 0.287 e. The number of amides is 1. The van der Waals surface area contributed by atoms with E-state index < -0.39 is 15.7 Å². The third kappa shape index (κ3) is 4.88. The minimum absolute atomic E-state index is 0.0700. The molecule has 1 unspecified atom stereocenters. The molecule has 0 bridgehead atoms. The molecule has 1 N–H and O–H groups in total. The number of ether oxygens (including phenoxy) is 1. The number of carbonyl (C=O) groups is 1. The maximum atomic E-state index is 12.7. The minimum atomic E-state index is -3.83. The minimum Gasteiger partial charge on any atom is -0.439 e. The summed E-state index contributed by atoms with van der Waals surface area (Å²) in [6.45, 7) is 2.92. The van der Waals surface area contributed by atoms with Crippen LogP contribution in [0.5, 0.6) is 0 Å². The Labute approximate surface area is 191 Å². The lowest BCUT2D eigenvalue weighted by molar-refractivity contribution is 0.0161. The van der Waals surface area contributed by atoms with Crippen LogP contribution in [-0.2, 0) is 14.6 Å². The fourth-order valence-corrected chi connectivity index (χ4v) is 5.11. The largest absolute Gasteiger partial charge is 0.439 e. The third-order valence-corrected chi connectivity index (χ3v) is 7.32. The summed E-state index contributed by atoms with van der Waals surface area (Å²) in [5.41, 5.74) is 0.906. The Bertz CT molecular complexity index is 1170. The first-order valence-electron chi connectivity index (χ1n) is 10.2. The van der Waals surface area contributed by atoms with Crippen LogP contribution in [0.15, 0.2) is 81.1 Å². The normalized spacial score (nSPS) is 15.9. The highest BCUT2D eigenvalue weighted by Crippen LogP contribution is 2.28. The average molecular weight is 475 g/mol. The molecule has 0 spiro atoms. The van der Waals surface area contributed by atoms with Crippen molar-refractivity contribution in [1.82, 2.24) is 10.2 Å². The average Bonchev–Trinajstić information content (AvgIpc) is 3.33. The Morgan fingerprint density at radius 3 is 2.41 bits per heavy atom. The molecule has 1 aliphatic rings. The molecule has 0 saturated carbocycles. The van der Waals surface area contributed by atoms with E-state index >= 15 is 0 Å². The lowest BCUT2D eigenvalue weighted by Crippen LogP contribution is -2.43. The number of carbonyl (C=O) groups excluding carboxylic acids is 1. The van der Waals surface area contributed by atoms with Crippen LogP contribution in [0.25, 0.3) is 0 Å². The molecule has 1 atom stereocenters. The van der Waals surface area contributed by atoms with Crippen LogP contribution in [-0.4, -0.2) is 52.1 Å². The van der Waals surface area contributed by atoms with E-state index in [1.807, 2.05) is 24.3 Å². The highest BCUT2D eigenvalue weighted by Gasteiger charge is 2.27. The SMILES string of the molecule is O=C(NCC(c1ccccc1Cl)N1CCOCC1)c1ccc(S(=O)(=O)c2ccccc2)o1. The third-order valence-electron chi connectivity index (χ3n) is 5.33. The van der Waals surface area contributed by atoms with Crippen molar-refractivity contribution in [2.24, 2.45) is 0 Å². The van der Waals surface area contributed by atoms with Crippen LogP contribution in [0.4, 0.5) is 0 Å². The van der Waals surface area contributed by atoms with Crippen LogP contribution in [0.3, 0.4) is 0 Å². The number of hydrogen-bond donors (Lipinski definition) is 1. The number of furan rings is 1. The lowest BCUT2D eigenvalue weighted by Gasteiger charge is -2.35. The van der Waals surface area contributed by atoms with E-state index in [1.165, 1.54) is 24.3 Å². The molecule has 1 aromatic heterocycles. The molecule has 168 valence electrons. The maximum Gasteiger partial charge on any atom is 0.287 e. The molecule has 0 aliphatic carbocycles. The highest BCUT2D eigenvalue weighted by atomic mass is 35.5. The zero-order valence-electron chi connectivity index (χ0n) is 17.2. The van der Waals surface area contributed by atoms with Gasteiger partial charge in [-0.05, 0) is 35.9 Å². The second-order valence-electron chi connectivity index (χ2n) is 7.33. The first-order chi connectivity index (χ1) is 15.5. The quantitative estimate of drug-likeness (QED) is 0.563. The maximum absolute atomic E-state index is 12.7. The van der Waals surface area contributed by atoms with E-state index in [0.29, 0.717) is 31.3 Å². The van der Waals surface area contributed by atoms with Gasteiger partial charge in [-0.1, -0.05) is 48.0 Å². The van der Waals surface area contributed by atoms with E-state index in [-0.39, 0.29) is 28.3 Å². The first-order valence-corrected chi connectivity index (χ1v) is 12.1. The fourth-order valence-electron chi connectivity index (χ4n) is 3.65. The summed E-state index contributed by atoms with van der Waals surface area (Å²) in [6.07, 6.45) is 0. The predicted octanol–water partition coefficient (Wildman–Crippen LogP) is 3.57. The Hall–Kier alpha value is -2.65. The van der Waals surface area contributed by atoms with Gasteiger partial charge in [-0.3, -0.25) is 9.69 Å². The monoisotopic (exact) mass is 474 g/mol. The molecule has 2 heterocycles. The van der Waals surface area contributed by atoms with Gasteiger partial charge in [0.1, 0.15) is 0 Å². The standard InChI is InChI=1S/C23H23ClN2O5S/c24-19-9-5-4-8-18(19)20(26-12-14-30-15-13-26)16-25-23(27)21-10-11-22(31-21)32(28,29)17-6-2-1-3-7-17/h1-11,20H,12-16H2,(H,25,27). The zero-order chi connectivity index (χ0) is 22.6. The molecular formula is C23H23ClN2O5S. The van der Waals surface area contributed by atoms with Gasteiger partial charge in [-0.25, -0.2) is 8.42 Å². The molecule has 1 aliphatic heterocycles. The van der Waals surface area contributed by atoms with E-state index in [4.69, 9.17) is 20.8 Å². The van der Waals surface area contributed by atoms with Gasteiger partial charge in [0.25, 0.3) is 5.91 Å². The number of hydrogen-bond acceptors (Lipinski definition) is 6. The number of nitrogens with one attached hydrogen (secondary N) is 1. The predicted molar refractivity (Wildman–Crippen MR) is 120 cm³/mol. The van der Waals surface area contributed by atoms with E-state index in [9.17, 15) is 13.2 Å². The molecule has 1 amide bonds. The summed E-state index contributed by atoms with van der Waals surface area (Å²) >= 11 is 6.43. The second kappa shape index (κ2) is 9.87. The molecular weight excluding hydrogens is 452 g/mol. The molecule has 0 radical (unpaired) electrons. The molecule has 1 fully saturated rings. The Morgan fingerprint density at radius 2 is 1.69 bits per heavy atom. The molecule has 3 aromatic rings. The Balaban J connectivity index is 1.50. The number of sulfone groups is 1. The van der Waals surface area contributed by atoms with Crippen LogP contribution in [0.2, 0.25) is 5.02 Å². The van der Waals surface area contributed by atoms with Gasteiger partial charge < -0.3 is 14.5 Å². The summed E-state index contributed by atoms with van der Waals surface area (Å²) in [5, 5.41) is 3.20. The first kappa shape index (κ1) is 22.5. The topological polar surface area (TPSA) is 88.9 Å². The van der Waals surface area contributed by atoms with Gasteiger partial charge in [0.2, 0.25) is 14.9 Å². The number of halogens is 1. The molecule has 9 heteroatoms. The van der Waals surface area contributed by atoms with Gasteiger partial charge in [0.15, 0.2) is 5.76 Å². The molecule has 7 nitrogen and oxygen atoms in total. The van der Waals surface area contributed by atoms with Gasteiger partial charge >= 0.3 is 0 Å². The molecule has 32 heavy (non-hydrogen) atoms. The second-order valence-corrected chi connectivity index (χ2v) is 9.62. The van der Waals surface area contributed by atoms with Crippen molar-refractivity contribution in [3.63, 3.8) is 0 Å². The fraction of sp³-hybridized carbons (Fsp3) is 0.261. The van der Waals surface area contributed by atoms with Crippen molar-refractivity contribution in [3.05, 3.63) is 83.1 Å².